The van der Waals surface area contributed by atoms with E-state index in [0.717, 1.165) is 59.2 Å². The maximum absolute atomic E-state index is 9.81. The molecule has 0 bridgehead atoms. The topological polar surface area (TPSA) is 58.1 Å². The minimum Gasteiger partial charge on any atom is -0.508 e. The van der Waals surface area contributed by atoms with Crippen molar-refractivity contribution in [2.75, 3.05) is 6.61 Å². The third kappa shape index (κ3) is 4.64. The molecular weight excluding hydrogens is 384 g/mol. The van der Waals surface area contributed by atoms with Gasteiger partial charge in [0.05, 0.1) is 18.3 Å². The summed E-state index contributed by atoms with van der Waals surface area (Å²) in [5.74, 6) is 1.15. The number of aromatic nitrogens is 2. The minimum atomic E-state index is 0.264. The molecule has 2 N–H and O–H groups in total. The molecule has 0 saturated carbocycles. The van der Waals surface area contributed by atoms with Crippen molar-refractivity contribution >= 4 is 22.0 Å². The molecule has 0 amide bonds. The summed E-state index contributed by atoms with van der Waals surface area (Å²) in [7, 11) is 0. The number of fused-ring (bicyclic) bond motifs is 1. The lowest BCUT2D eigenvalue weighted by Gasteiger charge is -2.17. The standard InChI is InChI=1S/C27H28N2O2/c1-3-5-16-31-24-13-8-20(9-14-24)27(19-6-11-23(30)12-7-19)25(4-2)21-10-15-26-22(17-21)18-28-29-26/h6-15,17-18,30H,3-5,16H2,1-2H3,(H,28,29)/b27-25+. The smallest absolute Gasteiger partial charge is 0.119 e. The maximum atomic E-state index is 9.81. The second-order valence-corrected chi connectivity index (χ2v) is 7.65. The molecule has 158 valence electrons. The van der Waals surface area contributed by atoms with E-state index in [9.17, 15) is 5.11 Å². The van der Waals surface area contributed by atoms with Gasteiger partial charge in [-0.3, -0.25) is 5.10 Å². The summed E-state index contributed by atoms with van der Waals surface area (Å²) in [6.45, 7) is 5.08. The minimum absolute atomic E-state index is 0.264. The van der Waals surface area contributed by atoms with Gasteiger partial charge in [0.1, 0.15) is 11.5 Å². The first-order valence-electron chi connectivity index (χ1n) is 10.9. The lowest BCUT2D eigenvalue weighted by molar-refractivity contribution is 0.309. The summed E-state index contributed by atoms with van der Waals surface area (Å²) in [6.07, 6.45) is 4.90. The van der Waals surface area contributed by atoms with Crippen molar-refractivity contribution in [3.8, 4) is 11.5 Å². The van der Waals surface area contributed by atoms with Gasteiger partial charge in [-0.1, -0.05) is 50.6 Å². The fourth-order valence-electron chi connectivity index (χ4n) is 3.85. The van der Waals surface area contributed by atoms with E-state index < -0.39 is 0 Å². The SMILES string of the molecule is CCCCOc1ccc(/C(=C(\CC)c2ccc3[nH]ncc3c2)c2ccc(O)cc2)cc1. The van der Waals surface area contributed by atoms with E-state index in [1.807, 2.05) is 30.5 Å². The van der Waals surface area contributed by atoms with Gasteiger partial charge in [-0.25, -0.2) is 0 Å². The molecule has 0 fully saturated rings. The third-order valence-corrected chi connectivity index (χ3v) is 5.51. The van der Waals surface area contributed by atoms with Crippen LogP contribution in [0, 0.1) is 0 Å². The average molecular weight is 413 g/mol. The molecule has 0 aliphatic rings. The van der Waals surface area contributed by atoms with Gasteiger partial charge in [0.2, 0.25) is 0 Å². The fraction of sp³-hybridized carbons (Fsp3) is 0.222. The molecule has 3 aromatic carbocycles. The number of hydrogen-bond acceptors (Lipinski definition) is 3. The summed E-state index contributed by atoms with van der Waals surface area (Å²) in [5, 5.41) is 18.1. The summed E-state index contributed by atoms with van der Waals surface area (Å²) < 4.78 is 5.85. The van der Waals surface area contributed by atoms with Crippen molar-refractivity contribution in [1.29, 1.82) is 0 Å². The number of allylic oxidation sites excluding steroid dienone is 1. The van der Waals surface area contributed by atoms with Crippen molar-refractivity contribution in [2.24, 2.45) is 0 Å². The van der Waals surface area contributed by atoms with E-state index in [4.69, 9.17) is 4.74 Å². The number of phenolic OH excluding ortho intramolecular Hbond substituents is 1. The first-order chi connectivity index (χ1) is 15.2. The molecule has 4 rings (SSSR count). The molecule has 4 nitrogen and oxygen atoms in total. The van der Waals surface area contributed by atoms with Gasteiger partial charge in [-0.2, -0.15) is 5.10 Å². The zero-order chi connectivity index (χ0) is 21.6. The second-order valence-electron chi connectivity index (χ2n) is 7.65. The lowest BCUT2D eigenvalue weighted by atomic mass is 9.88. The first-order valence-corrected chi connectivity index (χ1v) is 10.9. The molecule has 0 unspecified atom stereocenters. The number of unbranched alkanes of at least 4 members (excludes halogenated alkanes) is 1. The predicted octanol–water partition coefficient (Wildman–Crippen LogP) is 6.82. The van der Waals surface area contributed by atoms with Crippen molar-refractivity contribution in [1.82, 2.24) is 10.2 Å². The number of phenols is 1. The Morgan fingerprint density at radius 2 is 1.58 bits per heavy atom. The lowest BCUT2D eigenvalue weighted by Crippen LogP contribution is -1.98. The maximum Gasteiger partial charge on any atom is 0.119 e. The molecule has 4 heteroatoms. The normalized spacial score (nSPS) is 12.1. The Labute approximate surface area is 183 Å². The highest BCUT2D eigenvalue weighted by molar-refractivity contribution is 6.00. The molecule has 0 aliphatic heterocycles. The molecule has 0 spiro atoms. The highest BCUT2D eigenvalue weighted by Gasteiger charge is 2.14. The summed E-state index contributed by atoms with van der Waals surface area (Å²) in [5.41, 5.74) is 6.79. The van der Waals surface area contributed by atoms with E-state index in [2.05, 4.69) is 54.4 Å². The largest absolute Gasteiger partial charge is 0.508 e. The molecule has 0 atom stereocenters. The zero-order valence-corrected chi connectivity index (χ0v) is 18.1. The van der Waals surface area contributed by atoms with Gasteiger partial charge in [0.25, 0.3) is 0 Å². The Bertz CT molecular complexity index is 1170. The number of aromatic hydroxyl groups is 1. The van der Waals surface area contributed by atoms with E-state index >= 15 is 0 Å². The molecule has 4 aromatic rings. The fourth-order valence-corrected chi connectivity index (χ4v) is 3.85. The number of ether oxygens (including phenoxy) is 1. The average Bonchev–Trinajstić information content (AvgIpc) is 3.27. The van der Waals surface area contributed by atoms with Gasteiger partial charge < -0.3 is 9.84 Å². The van der Waals surface area contributed by atoms with Gasteiger partial charge in [0, 0.05) is 5.39 Å². The Morgan fingerprint density at radius 3 is 2.26 bits per heavy atom. The number of hydrogen-bond donors (Lipinski definition) is 2. The van der Waals surface area contributed by atoms with Crippen LogP contribution >= 0.6 is 0 Å². The van der Waals surface area contributed by atoms with Crippen LogP contribution in [0.15, 0.2) is 72.9 Å². The molecule has 0 saturated heterocycles. The Balaban J connectivity index is 1.82. The first kappa shape index (κ1) is 20.7. The van der Waals surface area contributed by atoms with Crippen molar-refractivity contribution in [3.05, 3.63) is 89.6 Å². The monoisotopic (exact) mass is 412 g/mol. The highest BCUT2D eigenvalue weighted by Crippen LogP contribution is 2.36. The highest BCUT2D eigenvalue weighted by atomic mass is 16.5. The molecule has 1 aromatic heterocycles. The number of nitrogens with zero attached hydrogens (tertiary/aromatic N) is 1. The van der Waals surface area contributed by atoms with Crippen molar-refractivity contribution in [2.45, 2.75) is 33.1 Å². The van der Waals surface area contributed by atoms with Gasteiger partial charge in [-0.15, -0.1) is 0 Å². The zero-order valence-electron chi connectivity index (χ0n) is 18.1. The number of rotatable bonds is 8. The van der Waals surface area contributed by atoms with Crippen LogP contribution in [0.1, 0.15) is 49.8 Å². The van der Waals surface area contributed by atoms with E-state index in [1.54, 1.807) is 12.1 Å². The van der Waals surface area contributed by atoms with Crippen molar-refractivity contribution < 1.29 is 9.84 Å². The Kier molecular flexibility index (Phi) is 6.37. The number of H-pyrrole nitrogens is 1. The van der Waals surface area contributed by atoms with Crippen LogP contribution in [-0.4, -0.2) is 21.9 Å². The molecule has 0 aliphatic carbocycles. The van der Waals surface area contributed by atoms with E-state index in [0.29, 0.717) is 0 Å². The van der Waals surface area contributed by atoms with Crippen LogP contribution in [-0.2, 0) is 0 Å². The van der Waals surface area contributed by atoms with E-state index in [1.165, 1.54) is 11.1 Å². The molecule has 31 heavy (non-hydrogen) atoms. The number of benzene rings is 3. The van der Waals surface area contributed by atoms with Crippen LogP contribution < -0.4 is 4.74 Å². The summed E-state index contributed by atoms with van der Waals surface area (Å²) in [6, 6.07) is 22.1. The van der Waals surface area contributed by atoms with Crippen molar-refractivity contribution in [3.63, 3.8) is 0 Å². The van der Waals surface area contributed by atoms with Gasteiger partial charge in [0.15, 0.2) is 0 Å². The Morgan fingerprint density at radius 1 is 0.903 bits per heavy atom. The summed E-state index contributed by atoms with van der Waals surface area (Å²) in [4.78, 5) is 0. The quantitative estimate of drug-likeness (QED) is 0.247. The van der Waals surface area contributed by atoms with Crippen LogP contribution in [0.25, 0.3) is 22.0 Å². The Hall–Kier alpha value is -3.53. The third-order valence-electron chi connectivity index (χ3n) is 5.51. The van der Waals surface area contributed by atoms with Gasteiger partial charge in [-0.05, 0) is 77.1 Å². The van der Waals surface area contributed by atoms with Gasteiger partial charge >= 0.3 is 0 Å². The van der Waals surface area contributed by atoms with Crippen LogP contribution in [0.4, 0.5) is 0 Å². The van der Waals surface area contributed by atoms with Crippen LogP contribution in [0.3, 0.4) is 0 Å². The van der Waals surface area contributed by atoms with Crippen LogP contribution in [0.5, 0.6) is 11.5 Å². The van der Waals surface area contributed by atoms with E-state index in [-0.39, 0.29) is 5.75 Å². The number of aromatic amines is 1. The molecule has 0 radical (unpaired) electrons. The molecule has 1 heterocycles. The number of nitrogens with one attached hydrogen (secondary N) is 1. The summed E-state index contributed by atoms with van der Waals surface area (Å²) >= 11 is 0. The molecular formula is C27H28N2O2. The van der Waals surface area contributed by atoms with Crippen LogP contribution in [0.2, 0.25) is 0 Å². The predicted molar refractivity (Wildman–Crippen MR) is 127 cm³/mol. The second kappa shape index (κ2) is 9.52.